The lowest BCUT2D eigenvalue weighted by molar-refractivity contribution is 0.100. The molecule has 3 nitrogen and oxygen atoms in total. The molecule has 1 fully saturated rings. The van der Waals surface area contributed by atoms with Gasteiger partial charge in [0.15, 0.2) is 0 Å². The van der Waals surface area contributed by atoms with Gasteiger partial charge in [-0.2, -0.15) is 5.26 Å². The number of hydrogen-bond acceptors (Lipinski definition) is 3. The molecular weight excluding hydrogens is 244 g/mol. The largest absolute Gasteiger partial charge is 0.372 e. The first-order chi connectivity index (χ1) is 6.81. The minimum Gasteiger partial charge on any atom is -0.372 e. The van der Waals surface area contributed by atoms with Gasteiger partial charge in [0, 0.05) is 29.0 Å². The molecule has 1 saturated heterocycles. The van der Waals surface area contributed by atoms with Crippen LogP contribution in [0.3, 0.4) is 0 Å². The van der Waals surface area contributed by atoms with E-state index in [4.69, 9.17) is 10.00 Å². The molecule has 14 heavy (non-hydrogen) atoms. The molecule has 2 unspecified atom stereocenters. The maximum Gasteiger partial charge on any atom is 0.0999 e. The van der Waals surface area contributed by atoms with Crippen LogP contribution in [-0.4, -0.2) is 11.6 Å². The van der Waals surface area contributed by atoms with Gasteiger partial charge in [0.1, 0.15) is 0 Å². The molecular formula is C10H9BrN2O. The standard InChI is InChI=1S/C10H9BrN2O/c11-9-3-8(5-13-6-9)10-7(4-12)1-2-14-10/h3,5-7,10H,1-2H2. The highest BCUT2D eigenvalue weighted by molar-refractivity contribution is 9.10. The van der Waals surface area contributed by atoms with Crippen molar-refractivity contribution >= 4 is 15.9 Å². The van der Waals surface area contributed by atoms with Crippen molar-refractivity contribution in [3.8, 4) is 6.07 Å². The lowest BCUT2D eigenvalue weighted by atomic mass is 9.98. The van der Waals surface area contributed by atoms with Crippen LogP contribution in [0.1, 0.15) is 18.1 Å². The highest BCUT2D eigenvalue weighted by atomic mass is 79.9. The second kappa shape index (κ2) is 4.07. The van der Waals surface area contributed by atoms with Gasteiger partial charge in [-0.1, -0.05) is 0 Å². The summed E-state index contributed by atoms with van der Waals surface area (Å²) >= 11 is 3.35. The van der Waals surface area contributed by atoms with Crippen molar-refractivity contribution in [3.63, 3.8) is 0 Å². The first kappa shape index (κ1) is 9.63. The van der Waals surface area contributed by atoms with Crippen molar-refractivity contribution in [3.05, 3.63) is 28.5 Å². The van der Waals surface area contributed by atoms with E-state index < -0.39 is 0 Å². The molecule has 0 aromatic carbocycles. The normalized spacial score (nSPS) is 26.0. The summed E-state index contributed by atoms with van der Waals surface area (Å²) in [5.41, 5.74) is 0.975. The molecule has 2 rings (SSSR count). The predicted octanol–water partition coefficient (Wildman–Crippen LogP) is 2.45. The van der Waals surface area contributed by atoms with Crippen molar-refractivity contribution in [2.24, 2.45) is 5.92 Å². The molecule has 0 bridgehead atoms. The Balaban J connectivity index is 2.27. The molecule has 1 aliphatic heterocycles. The van der Waals surface area contributed by atoms with Crippen LogP contribution in [0.5, 0.6) is 0 Å². The van der Waals surface area contributed by atoms with E-state index in [2.05, 4.69) is 27.0 Å². The molecule has 0 N–H and O–H groups in total. The van der Waals surface area contributed by atoms with E-state index in [0.717, 1.165) is 16.5 Å². The number of ether oxygens (including phenoxy) is 1. The summed E-state index contributed by atoms with van der Waals surface area (Å²) in [5.74, 6) is -0.0360. The van der Waals surface area contributed by atoms with Gasteiger partial charge in [0.25, 0.3) is 0 Å². The van der Waals surface area contributed by atoms with Gasteiger partial charge in [-0.15, -0.1) is 0 Å². The Morgan fingerprint density at radius 3 is 3.14 bits per heavy atom. The van der Waals surface area contributed by atoms with Crippen molar-refractivity contribution in [1.29, 1.82) is 5.26 Å². The zero-order valence-electron chi connectivity index (χ0n) is 7.48. The van der Waals surface area contributed by atoms with Gasteiger partial charge in [-0.25, -0.2) is 0 Å². The first-order valence-corrected chi connectivity index (χ1v) is 5.22. The molecule has 0 saturated carbocycles. The third-order valence-electron chi connectivity index (χ3n) is 2.31. The van der Waals surface area contributed by atoms with E-state index in [-0.39, 0.29) is 12.0 Å². The van der Waals surface area contributed by atoms with E-state index >= 15 is 0 Å². The Morgan fingerprint density at radius 2 is 2.43 bits per heavy atom. The number of halogens is 1. The van der Waals surface area contributed by atoms with E-state index in [9.17, 15) is 0 Å². The SMILES string of the molecule is N#CC1CCOC1c1cncc(Br)c1. The Bertz CT molecular complexity index is 375. The van der Waals surface area contributed by atoms with Gasteiger partial charge in [0.05, 0.1) is 18.1 Å². The van der Waals surface area contributed by atoms with Crippen molar-refractivity contribution in [2.75, 3.05) is 6.61 Å². The highest BCUT2D eigenvalue weighted by Gasteiger charge is 2.29. The van der Waals surface area contributed by atoms with Crippen LogP contribution in [0.4, 0.5) is 0 Å². The topological polar surface area (TPSA) is 45.9 Å². The number of rotatable bonds is 1. The average molecular weight is 253 g/mol. The Morgan fingerprint density at radius 1 is 1.57 bits per heavy atom. The molecule has 72 valence electrons. The fraction of sp³-hybridized carbons (Fsp3) is 0.400. The third-order valence-corrected chi connectivity index (χ3v) is 2.75. The van der Waals surface area contributed by atoms with Crippen LogP contribution in [0.2, 0.25) is 0 Å². The average Bonchev–Trinajstić information content (AvgIpc) is 2.65. The Hall–Kier alpha value is -0.920. The van der Waals surface area contributed by atoms with Gasteiger partial charge in [-0.05, 0) is 28.4 Å². The zero-order chi connectivity index (χ0) is 9.97. The van der Waals surface area contributed by atoms with Crippen LogP contribution in [0.25, 0.3) is 0 Å². The van der Waals surface area contributed by atoms with E-state index in [1.807, 2.05) is 6.07 Å². The van der Waals surface area contributed by atoms with Gasteiger partial charge >= 0.3 is 0 Å². The number of nitrogens with zero attached hydrogens (tertiary/aromatic N) is 2. The number of aromatic nitrogens is 1. The first-order valence-electron chi connectivity index (χ1n) is 4.43. The fourth-order valence-electron chi connectivity index (χ4n) is 1.63. The number of pyridine rings is 1. The van der Waals surface area contributed by atoms with Crippen LogP contribution in [-0.2, 0) is 4.74 Å². The number of nitriles is 1. The maximum absolute atomic E-state index is 8.90. The van der Waals surface area contributed by atoms with Crippen molar-refractivity contribution in [1.82, 2.24) is 4.98 Å². The lowest BCUT2D eigenvalue weighted by Crippen LogP contribution is -2.05. The third kappa shape index (κ3) is 1.79. The van der Waals surface area contributed by atoms with Gasteiger partial charge in [-0.3, -0.25) is 4.98 Å². The molecule has 0 spiro atoms. The second-order valence-electron chi connectivity index (χ2n) is 3.25. The summed E-state index contributed by atoms with van der Waals surface area (Å²) in [4.78, 5) is 4.06. The van der Waals surface area contributed by atoms with Crippen LogP contribution >= 0.6 is 15.9 Å². The molecule has 1 aromatic rings. The van der Waals surface area contributed by atoms with Gasteiger partial charge in [0.2, 0.25) is 0 Å². The maximum atomic E-state index is 8.90. The molecule has 2 heterocycles. The van der Waals surface area contributed by atoms with Crippen LogP contribution < -0.4 is 0 Å². The molecule has 0 aliphatic carbocycles. The quantitative estimate of drug-likeness (QED) is 0.772. The summed E-state index contributed by atoms with van der Waals surface area (Å²) in [5, 5.41) is 8.90. The Kier molecular flexibility index (Phi) is 2.80. The summed E-state index contributed by atoms with van der Waals surface area (Å²) in [6.07, 6.45) is 4.18. The summed E-state index contributed by atoms with van der Waals surface area (Å²) in [6, 6.07) is 4.22. The van der Waals surface area contributed by atoms with Crippen molar-refractivity contribution in [2.45, 2.75) is 12.5 Å². The Labute approximate surface area is 90.8 Å². The second-order valence-corrected chi connectivity index (χ2v) is 4.17. The number of hydrogen-bond donors (Lipinski definition) is 0. The smallest absolute Gasteiger partial charge is 0.0999 e. The zero-order valence-corrected chi connectivity index (χ0v) is 9.07. The fourth-order valence-corrected chi connectivity index (χ4v) is 2.02. The van der Waals surface area contributed by atoms with Gasteiger partial charge < -0.3 is 4.74 Å². The minimum absolute atomic E-state index is 0.0360. The molecule has 4 heteroatoms. The van der Waals surface area contributed by atoms with Crippen molar-refractivity contribution < 1.29 is 4.74 Å². The summed E-state index contributed by atoms with van der Waals surface area (Å²) < 4.78 is 6.43. The molecule has 1 aliphatic rings. The molecule has 0 radical (unpaired) electrons. The summed E-state index contributed by atoms with van der Waals surface area (Å²) in [7, 11) is 0. The van der Waals surface area contributed by atoms with E-state index in [1.54, 1.807) is 12.4 Å². The lowest BCUT2D eigenvalue weighted by Gasteiger charge is -2.12. The van der Waals surface area contributed by atoms with E-state index in [1.165, 1.54) is 0 Å². The highest BCUT2D eigenvalue weighted by Crippen LogP contribution is 2.34. The van der Waals surface area contributed by atoms with Crippen LogP contribution in [0.15, 0.2) is 22.9 Å². The summed E-state index contributed by atoms with van der Waals surface area (Å²) in [6.45, 7) is 0.662. The van der Waals surface area contributed by atoms with E-state index in [0.29, 0.717) is 6.61 Å². The molecule has 2 atom stereocenters. The predicted molar refractivity (Wildman–Crippen MR) is 54.4 cm³/mol. The monoisotopic (exact) mass is 252 g/mol. The molecule has 0 amide bonds. The molecule has 1 aromatic heterocycles. The van der Waals surface area contributed by atoms with Crippen LogP contribution in [0, 0.1) is 17.2 Å². The minimum atomic E-state index is -0.106.